The molecule has 0 unspecified atom stereocenters. The average Bonchev–Trinajstić information content (AvgIpc) is 2.75. The van der Waals surface area contributed by atoms with E-state index in [4.69, 9.17) is 14.2 Å². The minimum absolute atomic E-state index is 0. The molecule has 3 rings (SSSR count). The van der Waals surface area contributed by atoms with Crippen LogP contribution in [-0.4, -0.2) is 77.3 Å². The van der Waals surface area contributed by atoms with Crippen molar-refractivity contribution in [2.24, 2.45) is 0 Å². The number of rotatable bonds is 9. The van der Waals surface area contributed by atoms with Crippen molar-refractivity contribution in [2.75, 3.05) is 13.2 Å². The van der Waals surface area contributed by atoms with Crippen LogP contribution in [0.15, 0.2) is 42.5 Å². The summed E-state index contributed by atoms with van der Waals surface area (Å²) in [4.78, 5) is 11.2. The Morgan fingerprint density at radius 1 is 1.09 bits per heavy atom. The molecule has 0 amide bonds. The van der Waals surface area contributed by atoms with Crippen LogP contribution < -0.4 is 44.7 Å². The van der Waals surface area contributed by atoms with Crippen LogP contribution in [0.1, 0.15) is 13.8 Å². The van der Waals surface area contributed by atoms with E-state index < -0.39 is 42.8 Å². The van der Waals surface area contributed by atoms with Gasteiger partial charge in [-0.05, 0) is 11.5 Å². The molecule has 32 heavy (non-hydrogen) atoms. The third kappa shape index (κ3) is 6.63. The summed E-state index contributed by atoms with van der Waals surface area (Å²) in [5.74, 6) is -1.07. The van der Waals surface area contributed by atoms with E-state index in [1.54, 1.807) is 0 Å². The summed E-state index contributed by atoms with van der Waals surface area (Å²) >= 11 is 0. The largest absolute Gasteiger partial charge is 1.00 e. The quantitative estimate of drug-likeness (QED) is 0.279. The molecular weight excluding hydrogens is 429 g/mol. The Kier molecular flexibility index (Phi) is 10.3. The Morgan fingerprint density at radius 2 is 1.78 bits per heavy atom. The summed E-state index contributed by atoms with van der Waals surface area (Å²) in [6.07, 6.45) is -9.23. The van der Waals surface area contributed by atoms with Crippen molar-refractivity contribution in [1.29, 1.82) is 0 Å². The van der Waals surface area contributed by atoms with Crippen molar-refractivity contribution in [3.8, 4) is 5.75 Å². The Balaban J connectivity index is 0.00000363. The fraction of sp³-hybridized carbons (Fsp3) is 0.500. The molecule has 6 atom stereocenters. The van der Waals surface area contributed by atoms with E-state index in [-0.39, 0.29) is 42.2 Å². The Morgan fingerprint density at radius 3 is 2.47 bits per heavy atom. The van der Waals surface area contributed by atoms with Crippen LogP contribution in [0, 0.1) is 0 Å². The molecule has 2 aromatic rings. The molecule has 1 saturated heterocycles. The fourth-order valence-electron chi connectivity index (χ4n) is 3.36. The van der Waals surface area contributed by atoms with Crippen LogP contribution in [0.5, 0.6) is 5.75 Å². The molecule has 0 radical (unpaired) electrons. The maximum absolute atomic E-state index is 11.2. The van der Waals surface area contributed by atoms with Crippen molar-refractivity contribution in [3.63, 3.8) is 0 Å². The van der Waals surface area contributed by atoms with Crippen molar-refractivity contribution < 1.29 is 69.0 Å². The molecule has 10 heteroatoms. The summed E-state index contributed by atoms with van der Waals surface area (Å²) in [5, 5.41) is 46.4. The van der Waals surface area contributed by atoms with Crippen molar-refractivity contribution in [3.05, 3.63) is 42.5 Å². The van der Waals surface area contributed by atoms with E-state index in [0.29, 0.717) is 12.3 Å². The Labute approximate surface area is 208 Å². The van der Waals surface area contributed by atoms with Gasteiger partial charge in [-0.25, -0.2) is 0 Å². The second-order valence-corrected chi connectivity index (χ2v) is 7.83. The van der Waals surface area contributed by atoms with E-state index in [1.165, 1.54) is 0 Å². The zero-order valence-corrected chi connectivity index (χ0v) is 20.4. The van der Waals surface area contributed by atoms with Gasteiger partial charge in [0.05, 0.1) is 5.97 Å². The van der Waals surface area contributed by atoms with Crippen molar-refractivity contribution >= 4 is 16.7 Å². The summed E-state index contributed by atoms with van der Waals surface area (Å²) in [6, 6.07) is 13.5. The summed E-state index contributed by atoms with van der Waals surface area (Å²) in [7, 11) is 0. The van der Waals surface area contributed by atoms with Gasteiger partial charge in [0.15, 0.2) is 6.29 Å². The number of aliphatic hydroxyl groups is 3. The van der Waals surface area contributed by atoms with Crippen LogP contribution in [-0.2, 0) is 14.3 Å². The van der Waals surface area contributed by atoms with E-state index in [0.717, 1.165) is 10.8 Å². The topological polar surface area (TPSA) is 141 Å². The number of nitrogens with one attached hydrogen (secondary N) is 1. The number of ether oxygens (including phenoxy) is 3. The van der Waals surface area contributed by atoms with Crippen LogP contribution >= 0.6 is 0 Å². The molecule has 9 nitrogen and oxygen atoms in total. The third-order valence-corrected chi connectivity index (χ3v) is 5.06. The zero-order chi connectivity index (χ0) is 22.5. The fourth-order valence-corrected chi connectivity index (χ4v) is 3.36. The molecule has 0 saturated carbocycles. The molecule has 0 bridgehead atoms. The van der Waals surface area contributed by atoms with E-state index in [9.17, 15) is 25.2 Å². The first-order chi connectivity index (χ1) is 14.8. The second kappa shape index (κ2) is 12.3. The van der Waals surface area contributed by atoms with E-state index in [1.807, 2.05) is 56.3 Å². The molecule has 0 aromatic heterocycles. The number of aliphatic carboxylic acids is 1. The summed E-state index contributed by atoms with van der Waals surface area (Å²) in [6.45, 7) is 4.26. The number of aliphatic hydroxyl groups excluding tert-OH is 3. The van der Waals surface area contributed by atoms with E-state index >= 15 is 0 Å². The molecule has 170 valence electrons. The SMILES string of the molecule is CC(C)NC[C@@H](COc1cccc2ccccc12)O[C@@H]1O[C@H](C(=O)[O-])[C@@H](O)[C@H](O)[C@H]1O.[Na+]. The molecule has 1 heterocycles. The van der Waals surface area contributed by atoms with Gasteiger partial charge < -0.3 is 44.7 Å². The molecular formula is C22H28NNaO8. The average molecular weight is 457 g/mol. The first-order valence-corrected chi connectivity index (χ1v) is 10.2. The minimum Gasteiger partial charge on any atom is -0.547 e. The van der Waals surface area contributed by atoms with Crippen LogP contribution in [0.3, 0.4) is 0 Å². The number of carboxylic acid groups (broad SMARTS) is 1. The predicted octanol–water partition coefficient (Wildman–Crippen LogP) is -3.84. The van der Waals surface area contributed by atoms with Gasteiger partial charge in [-0.15, -0.1) is 0 Å². The van der Waals surface area contributed by atoms with Crippen LogP contribution in [0.25, 0.3) is 10.8 Å². The maximum atomic E-state index is 11.2. The summed E-state index contributed by atoms with van der Waals surface area (Å²) < 4.78 is 16.9. The normalized spacial score (nSPS) is 26.5. The van der Waals surface area contributed by atoms with Crippen molar-refractivity contribution in [1.82, 2.24) is 5.32 Å². The van der Waals surface area contributed by atoms with E-state index in [2.05, 4.69) is 5.32 Å². The standard InChI is InChI=1S/C22H29NO8.Na/c1-12(2)23-10-14(11-29-16-9-5-7-13-6-3-4-8-15(13)16)30-22-19(26)17(24)18(25)20(31-22)21(27)28;/h3-9,12,14,17-20,22-26H,10-11H2,1-2H3,(H,27,28);/q;+1/p-1/t14-,17-,18-,19+,20-,22+;/m0./s1. The number of carboxylic acids is 1. The number of fused-ring (bicyclic) bond motifs is 1. The van der Waals surface area contributed by atoms with Gasteiger partial charge in [-0.1, -0.05) is 50.2 Å². The first kappa shape index (κ1) is 27.0. The number of carbonyl (C=O) groups is 1. The molecule has 2 aromatic carbocycles. The van der Waals surface area contributed by atoms with Gasteiger partial charge in [-0.3, -0.25) is 0 Å². The zero-order valence-electron chi connectivity index (χ0n) is 18.4. The second-order valence-electron chi connectivity index (χ2n) is 7.83. The number of hydrogen-bond donors (Lipinski definition) is 4. The molecule has 1 fully saturated rings. The maximum Gasteiger partial charge on any atom is 1.00 e. The Hall–Kier alpha value is -1.27. The molecule has 1 aliphatic heterocycles. The summed E-state index contributed by atoms with van der Waals surface area (Å²) in [5.41, 5.74) is 0. The smallest absolute Gasteiger partial charge is 0.547 e. The van der Waals surface area contributed by atoms with Gasteiger partial charge in [0.2, 0.25) is 0 Å². The molecule has 0 aliphatic carbocycles. The minimum atomic E-state index is -1.83. The number of carbonyl (C=O) groups excluding carboxylic acids is 1. The Bertz CT molecular complexity index is 877. The van der Waals surface area contributed by atoms with Gasteiger partial charge in [0.1, 0.15) is 42.9 Å². The van der Waals surface area contributed by atoms with Crippen molar-refractivity contribution in [2.45, 2.75) is 56.7 Å². The van der Waals surface area contributed by atoms with Gasteiger partial charge in [0, 0.05) is 18.0 Å². The molecule has 4 N–H and O–H groups in total. The van der Waals surface area contributed by atoms with Gasteiger partial charge >= 0.3 is 29.6 Å². The monoisotopic (exact) mass is 457 g/mol. The van der Waals surface area contributed by atoms with Crippen LogP contribution in [0.2, 0.25) is 0 Å². The third-order valence-electron chi connectivity index (χ3n) is 5.06. The predicted molar refractivity (Wildman–Crippen MR) is 109 cm³/mol. The molecule has 0 spiro atoms. The first-order valence-electron chi connectivity index (χ1n) is 10.2. The van der Waals surface area contributed by atoms with Gasteiger partial charge in [0.25, 0.3) is 0 Å². The molecule has 1 aliphatic rings. The van der Waals surface area contributed by atoms with Crippen LogP contribution in [0.4, 0.5) is 0 Å². The number of hydrogen-bond acceptors (Lipinski definition) is 9. The van der Waals surface area contributed by atoms with Gasteiger partial charge in [-0.2, -0.15) is 0 Å². The number of benzene rings is 2.